The van der Waals surface area contributed by atoms with Crippen LogP contribution < -0.4 is 11.1 Å². The predicted octanol–water partition coefficient (Wildman–Crippen LogP) is 2.42. The molecule has 2 rings (SSSR count). The highest BCUT2D eigenvalue weighted by Gasteiger charge is 2.17. The van der Waals surface area contributed by atoms with Gasteiger partial charge in [-0.25, -0.2) is 4.98 Å². The van der Waals surface area contributed by atoms with Crippen LogP contribution in [0.3, 0.4) is 0 Å². The van der Waals surface area contributed by atoms with Crippen molar-refractivity contribution in [2.45, 2.75) is 39.0 Å². The Hall–Kier alpha value is -1.16. The molecule has 0 saturated carbocycles. The highest BCUT2D eigenvalue weighted by Crippen LogP contribution is 2.25. The molecule has 0 spiro atoms. The van der Waals surface area contributed by atoms with Crippen LogP contribution in [0.5, 0.6) is 0 Å². The van der Waals surface area contributed by atoms with Crippen LogP contribution in [0.25, 0.3) is 0 Å². The number of hydrogen-bond acceptors (Lipinski definition) is 3. The molecule has 17 heavy (non-hydrogen) atoms. The molecule has 0 radical (unpaired) electrons. The quantitative estimate of drug-likeness (QED) is 0.621. The van der Waals surface area contributed by atoms with Crippen LogP contribution in [-0.2, 0) is 12.8 Å². The Morgan fingerprint density at radius 2 is 2.35 bits per heavy atom. The summed E-state index contributed by atoms with van der Waals surface area (Å²) >= 11 is 5.10. The van der Waals surface area contributed by atoms with Gasteiger partial charge < -0.3 is 11.1 Å². The van der Waals surface area contributed by atoms with Crippen LogP contribution >= 0.6 is 12.2 Å². The van der Waals surface area contributed by atoms with Crippen molar-refractivity contribution in [2.24, 2.45) is 5.73 Å². The summed E-state index contributed by atoms with van der Waals surface area (Å²) in [5.41, 5.74) is 9.19. The molecule has 0 saturated heterocycles. The zero-order valence-electron chi connectivity index (χ0n) is 10.3. The van der Waals surface area contributed by atoms with Gasteiger partial charge in [-0.15, -0.1) is 0 Å². The zero-order valence-corrected chi connectivity index (χ0v) is 11.1. The van der Waals surface area contributed by atoms with Crippen molar-refractivity contribution < 1.29 is 0 Å². The number of anilines is 1. The molecule has 0 unspecified atom stereocenters. The standard InChI is InChI=1S/C13H19N3S/c1-2-3-7-15-13-10(12(14)17)8-9-5-4-6-11(9)16-13/h8H,2-7H2,1H3,(H2,14,17)(H,15,16). The second-order valence-electron chi connectivity index (χ2n) is 4.49. The number of nitrogens with zero attached hydrogens (tertiary/aromatic N) is 1. The first-order valence-electron chi connectivity index (χ1n) is 6.29. The summed E-state index contributed by atoms with van der Waals surface area (Å²) in [4.78, 5) is 5.10. The Morgan fingerprint density at radius 3 is 3.06 bits per heavy atom. The lowest BCUT2D eigenvalue weighted by Crippen LogP contribution is -2.16. The maximum absolute atomic E-state index is 5.76. The molecule has 1 aliphatic rings. The molecule has 0 aromatic carbocycles. The Kier molecular flexibility index (Phi) is 3.94. The van der Waals surface area contributed by atoms with E-state index in [0.717, 1.165) is 37.2 Å². The first-order chi connectivity index (χ1) is 8.22. The zero-order chi connectivity index (χ0) is 12.3. The van der Waals surface area contributed by atoms with Gasteiger partial charge in [0, 0.05) is 12.2 Å². The monoisotopic (exact) mass is 249 g/mol. The van der Waals surface area contributed by atoms with Crippen LogP contribution in [0.4, 0.5) is 5.82 Å². The van der Waals surface area contributed by atoms with Crippen LogP contribution in [0.15, 0.2) is 6.07 Å². The molecule has 1 aliphatic carbocycles. The third-order valence-corrected chi connectivity index (χ3v) is 3.36. The number of pyridine rings is 1. The second-order valence-corrected chi connectivity index (χ2v) is 4.93. The van der Waals surface area contributed by atoms with Gasteiger partial charge in [0.05, 0.1) is 5.56 Å². The van der Waals surface area contributed by atoms with Crippen LogP contribution in [0.2, 0.25) is 0 Å². The van der Waals surface area contributed by atoms with Crippen molar-refractivity contribution >= 4 is 23.0 Å². The number of hydrogen-bond donors (Lipinski definition) is 2. The lowest BCUT2D eigenvalue weighted by Gasteiger charge is -2.12. The van der Waals surface area contributed by atoms with Crippen LogP contribution in [0, 0.1) is 0 Å². The molecule has 0 atom stereocenters. The average molecular weight is 249 g/mol. The Labute approximate surface area is 108 Å². The van der Waals surface area contributed by atoms with Crippen molar-refractivity contribution in [1.29, 1.82) is 0 Å². The van der Waals surface area contributed by atoms with Gasteiger partial charge in [-0.05, 0) is 37.3 Å². The van der Waals surface area contributed by atoms with Crippen LogP contribution in [-0.4, -0.2) is 16.5 Å². The van der Waals surface area contributed by atoms with E-state index in [0.29, 0.717) is 4.99 Å². The lowest BCUT2D eigenvalue weighted by atomic mass is 10.1. The fourth-order valence-electron chi connectivity index (χ4n) is 2.18. The smallest absolute Gasteiger partial charge is 0.136 e. The van der Waals surface area contributed by atoms with E-state index in [9.17, 15) is 0 Å². The molecule has 0 fully saturated rings. The van der Waals surface area contributed by atoms with E-state index in [1.54, 1.807) is 0 Å². The normalized spacial score (nSPS) is 13.5. The van der Waals surface area contributed by atoms with Gasteiger partial charge in [-0.1, -0.05) is 25.6 Å². The minimum absolute atomic E-state index is 0.436. The van der Waals surface area contributed by atoms with Crippen LogP contribution in [0.1, 0.15) is 43.0 Å². The Balaban J connectivity index is 2.25. The lowest BCUT2D eigenvalue weighted by molar-refractivity contribution is 0.829. The first kappa shape index (κ1) is 12.3. The highest BCUT2D eigenvalue weighted by atomic mass is 32.1. The van der Waals surface area contributed by atoms with Gasteiger partial charge in [0.1, 0.15) is 10.8 Å². The maximum atomic E-state index is 5.76. The summed E-state index contributed by atoms with van der Waals surface area (Å²) in [5, 5.41) is 3.35. The van der Waals surface area contributed by atoms with E-state index < -0.39 is 0 Å². The molecular weight excluding hydrogens is 230 g/mol. The molecule has 4 heteroatoms. The fraction of sp³-hybridized carbons (Fsp3) is 0.538. The molecule has 1 aromatic heterocycles. The molecule has 3 nitrogen and oxygen atoms in total. The summed E-state index contributed by atoms with van der Waals surface area (Å²) in [6.07, 6.45) is 5.68. The third-order valence-electron chi connectivity index (χ3n) is 3.14. The molecule has 92 valence electrons. The van der Waals surface area contributed by atoms with Gasteiger partial charge >= 0.3 is 0 Å². The van der Waals surface area contributed by atoms with Gasteiger partial charge in [-0.3, -0.25) is 0 Å². The number of thiocarbonyl (C=S) groups is 1. The number of nitrogens with one attached hydrogen (secondary N) is 1. The summed E-state index contributed by atoms with van der Waals surface area (Å²) in [6, 6.07) is 2.12. The number of aromatic nitrogens is 1. The minimum atomic E-state index is 0.436. The first-order valence-corrected chi connectivity index (χ1v) is 6.69. The number of nitrogens with two attached hydrogens (primary N) is 1. The average Bonchev–Trinajstić information content (AvgIpc) is 2.75. The van der Waals surface area contributed by atoms with E-state index in [4.69, 9.17) is 18.0 Å². The number of unbranched alkanes of at least 4 members (excludes halogenated alkanes) is 1. The van der Waals surface area contributed by atoms with Crippen molar-refractivity contribution in [3.05, 3.63) is 22.9 Å². The molecule has 0 amide bonds. The minimum Gasteiger partial charge on any atom is -0.389 e. The number of rotatable bonds is 5. The van der Waals surface area contributed by atoms with Crippen molar-refractivity contribution in [1.82, 2.24) is 4.98 Å². The summed E-state index contributed by atoms with van der Waals surface area (Å²) in [6.45, 7) is 3.10. The predicted molar refractivity (Wildman–Crippen MR) is 75.5 cm³/mol. The molecule has 1 heterocycles. The van der Waals surface area contributed by atoms with Crippen molar-refractivity contribution in [3.63, 3.8) is 0 Å². The van der Waals surface area contributed by atoms with E-state index in [-0.39, 0.29) is 0 Å². The molecule has 0 aliphatic heterocycles. The number of aryl methyl sites for hydroxylation is 2. The SMILES string of the molecule is CCCCNc1nc2c(cc1C(N)=S)CCC2. The maximum Gasteiger partial charge on any atom is 0.136 e. The molecule has 1 aromatic rings. The Morgan fingerprint density at radius 1 is 1.53 bits per heavy atom. The molecule has 0 bridgehead atoms. The van der Waals surface area contributed by atoms with Gasteiger partial charge in [-0.2, -0.15) is 0 Å². The highest BCUT2D eigenvalue weighted by molar-refractivity contribution is 7.80. The number of fused-ring (bicyclic) bond motifs is 1. The Bertz CT molecular complexity index is 429. The van der Waals surface area contributed by atoms with E-state index >= 15 is 0 Å². The third kappa shape index (κ3) is 2.75. The summed E-state index contributed by atoms with van der Waals surface area (Å²) in [7, 11) is 0. The van der Waals surface area contributed by atoms with Gasteiger partial charge in [0.15, 0.2) is 0 Å². The largest absolute Gasteiger partial charge is 0.389 e. The fourth-order valence-corrected chi connectivity index (χ4v) is 2.33. The van der Waals surface area contributed by atoms with E-state index in [2.05, 4.69) is 23.3 Å². The molecular formula is C13H19N3S. The summed E-state index contributed by atoms with van der Waals surface area (Å²) < 4.78 is 0. The topological polar surface area (TPSA) is 50.9 Å². The van der Waals surface area contributed by atoms with E-state index in [1.165, 1.54) is 24.1 Å². The van der Waals surface area contributed by atoms with Gasteiger partial charge in [0.2, 0.25) is 0 Å². The summed E-state index contributed by atoms with van der Waals surface area (Å²) in [5.74, 6) is 0.867. The molecule has 3 N–H and O–H groups in total. The van der Waals surface area contributed by atoms with E-state index in [1.807, 2.05) is 0 Å². The van der Waals surface area contributed by atoms with Crippen molar-refractivity contribution in [3.8, 4) is 0 Å². The second kappa shape index (κ2) is 5.45. The van der Waals surface area contributed by atoms with Gasteiger partial charge in [0.25, 0.3) is 0 Å². The van der Waals surface area contributed by atoms with Crippen molar-refractivity contribution in [2.75, 3.05) is 11.9 Å².